The van der Waals surface area contributed by atoms with Crippen LogP contribution in [0.5, 0.6) is 0 Å². The number of carbonyl (C=O) groups excluding carboxylic acids is 1. The van der Waals surface area contributed by atoms with Crippen LogP contribution in [0.25, 0.3) is 0 Å². The van der Waals surface area contributed by atoms with Gasteiger partial charge in [0.1, 0.15) is 17.9 Å². The van der Waals surface area contributed by atoms with Crippen LogP contribution in [0.4, 0.5) is 0 Å². The van der Waals surface area contributed by atoms with Crippen molar-refractivity contribution >= 4 is 5.78 Å². The highest BCUT2D eigenvalue weighted by atomic mass is 16.1. The number of Topliss-reactive ketones (excluding diaryl/α,β-unsaturated/α-hetero) is 1. The molecule has 1 heterocycles. The van der Waals surface area contributed by atoms with Gasteiger partial charge in [0.15, 0.2) is 0 Å². The minimum atomic E-state index is 0.234. The van der Waals surface area contributed by atoms with Crippen molar-refractivity contribution in [2.24, 2.45) is 5.92 Å². The molecular formula is C11H19N3O. The third-order valence-electron chi connectivity index (χ3n) is 2.30. The van der Waals surface area contributed by atoms with Crippen LogP contribution in [0.3, 0.4) is 0 Å². The van der Waals surface area contributed by atoms with Crippen molar-refractivity contribution in [1.29, 1.82) is 0 Å². The van der Waals surface area contributed by atoms with E-state index in [0.717, 1.165) is 12.2 Å². The summed E-state index contributed by atoms with van der Waals surface area (Å²) < 4.78 is 1.91. The van der Waals surface area contributed by atoms with Crippen molar-refractivity contribution in [2.45, 2.75) is 46.6 Å². The molecule has 0 aliphatic rings. The lowest BCUT2D eigenvalue weighted by atomic mass is 10.0. The second-order valence-electron chi connectivity index (χ2n) is 4.43. The quantitative estimate of drug-likeness (QED) is 0.745. The summed E-state index contributed by atoms with van der Waals surface area (Å²) in [4.78, 5) is 15.2. The van der Waals surface area contributed by atoms with E-state index >= 15 is 0 Å². The van der Waals surface area contributed by atoms with Gasteiger partial charge in [-0.05, 0) is 26.7 Å². The third-order valence-corrected chi connectivity index (χ3v) is 2.30. The van der Waals surface area contributed by atoms with Gasteiger partial charge < -0.3 is 4.79 Å². The molecular weight excluding hydrogens is 190 g/mol. The van der Waals surface area contributed by atoms with Crippen molar-refractivity contribution in [3.8, 4) is 0 Å². The zero-order chi connectivity index (χ0) is 11.4. The molecule has 0 amide bonds. The fourth-order valence-corrected chi connectivity index (χ4v) is 1.73. The average molecular weight is 209 g/mol. The number of ketones is 1. The summed E-state index contributed by atoms with van der Waals surface area (Å²) in [6.45, 7) is 7.85. The number of carbonyl (C=O) groups is 1. The zero-order valence-corrected chi connectivity index (χ0v) is 9.90. The first-order valence-corrected chi connectivity index (χ1v) is 5.38. The molecule has 4 nitrogen and oxygen atoms in total. The van der Waals surface area contributed by atoms with Gasteiger partial charge in [-0.3, -0.25) is 0 Å². The molecule has 1 aromatic heterocycles. The highest BCUT2D eigenvalue weighted by Crippen LogP contribution is 2.13. The van der Waals surface area contributed by atoms with Crippen molar-refractivity contribution in [3.63, 3.8) is 0 Å². The predicted octanol–water partition coefficient (Wildman–Crippen LogP) is 2.02. The Balaban J connectivity index is 2.63. The molecule has 0 aromatic carbocycles. The van der Waals surface area contributed by atoms with E-state index in [1.54, 1.807) is 13.3 Å². The maximum absolute atomic E-state index is 11.0. The molecule has 84 valence electrons. The molecule has 1 rings (SSSR count). The van der Waals surface area contributed by atoms with Crippen LogP contribution in [-0.4, -0.2) is 20.5 Å². The summed E-state index contributed by atoms with van der Waals surface area (Å²) in [7, 11) is 0. The summed E-state index contributed by atoms with van der Waals surface area (Å²) in [6, 6.07) is 0.326. The number of hydrogen-bond acceptors (Lipinski definition) is 3. The van der Waals surface area contributed by atoms with Crippen LogP contribution in [0, 0.1) is 5.92 Å². The summed E-state index contributed by atoms with van der Waals surface area (Å²) in [5.41, 5.74) is 0. The molecule has 15 heavy (non-hydrogen) atoms. The maximum atomic E-state index is 11.0. The predicted molar refractivity (Wildman–Crippen MR) is 58.6 cm³/mol. The average Bonchev–Trinajstić information content (AvgIpc) is 2.50. The van der Waals surface area contributed by atoms with E-state index in [4.69, 9.17) is 0 Å². The van der Waals surface area contributed by atoms with Gasteiger partial charge in [-0.2, -0.15) is 5.10 Å². The molecule has 0 N–H and O–H groups in total. The van der Waals surface area contributed by atoms with E-state index in [0.29, 0.717) is 18.4 Å². The number of hydrogen-bond donors (Lipinski definition) is 0. The Labute approximate surface area is 90.7 Å². The van der Waals surface area contributed by atoms with Gasteiger partial charge in [0.25, 0.3) is 0 Å². The highest BCUT2D eigenvalue weighted by molar-refractivity contribution is 5.75. The first kappa shape index (κ1) is 11.9. The summed E-state index contributed by atoms with van der Waals surface area (Å²) in [5, 5.41) is 4.17. The topological polar surface area (TPSA) is 47.8 Å². The van der Waals surface area contributed by atoms with Crippen molar-refractivity contribution < 1.29 is 4.79 Å². The fourth-order valence-electron chi connectivity index (χ4n) is 1.73. The Morgan fingerprint density at radius 2 is 2.13 bits per heavy atom. The van der Waals surface area contributed by atoms with E-state index in [9.17, 15) is 4.79 Å². The number of nitrogens with zero attached hydrogens (tertiary/aromatic N) is 3. The van der Waals surface area contributed by atoms with Crippen LogP contribution in [0.15, 0.2) is 6.33 Å². The Hall–Kier alpha value is -1.19. The SMILES string of the molecule is CC(=O)CC(C)Cc1ncnn1C(C)C. The van der Waals surface area contributed by atoms with Crippen LogP contribution >= 0.6 is 0 Å². The first-order valence-electron chi connectivity index (χ1n) is 5.38. The van der Waals surface area contributed by atoms with Crippen molar-refractivity contribution in [2.75, 3.05) is 0 Å². The van der Waals surface area contributed by atoms with Crippen LogP contribution in [-0.2, 0) is 11.2 Å². The summed E-state index contributed by atoms with van der Waals surface area (Å²) >= 11 is 0. The van der Waals surface area contributed by atoms with E-state index in [2.05, 4.69) is 30.9 Å². The second-order valence-corrected chi connectivity index (χ2v) is 4.43. The normalized spacial score (nSPS) is 13.1. The van der Waals surface area contributed by atoms with E-state index in [-0.39, 0.29) is 5.78 Å². The monoisotopic (exact) mass is 209 g/mol. The third kappa shape index (κ3) is 3.46. The molecule has 4 heteroatoms. The zero-order valence-electron chi connectivity index (χ0n) is 9.90. The van der Waals surface area contributed by atoms with Gasteiger partial charge in [-0.15, -0.1) is 0 Å². The molecule has 1 unspecified atom stereocenters. The van der Waals surface area contributed by atoms with E-state index in [1.807, 2.05) is 4.68 Å². The number of aromatic nitrogens is 3. The maximum Gasteiger partial charge on any atom is 0.138 e. The molecule has 0 saturated heterocycles. The highest BCUT2D eigenvalue weighted by Gasteiger charge is 2.12. The van der Waals surface area contributed by atoms with Gasteiger partial charge in [0.2, 0.25) is 0 Å². The first-order chi connectivity index (χ1) is 7.00. The molecule has 0 spiro atoms. The summed E-state index contributed by atoms with van der Waals surface area (Å²) in [6.07, 6.45) is 3.01. The van der Waals surface area contributed by atoms with Gasteiger partial charge in [-0.25, -0.2) is 9.67 Å². The largest absolute Gasteiger partial charge is 0.300 e. The van der Waals surface area contributed by atoms with E-state index < -0.39 is 0 Å². The minimum absolute atomic E-state index is 0.234. The molecule has 0 fully saturated rings. The lowest BCUT2D eigenvalue weighted by Gasteiger charge is -2.12. The molecule has 0 aliphatic carbocycles. The van der Waals surface area contributed by atoms with Gasteiger partial charge in [0.05, 0.1) is 0 Å². The molecule has 1 aromatic rings. The fraction of sp³-hybridized carbons (Fsp3) is 0.727. The van der Waals surface area contributed by atoms with Crippen LogP contribution in [0.1, 0.15) is 46.0 Å². The van der Waals surface area contributed by atoms with Crippen molar-refractivity contribution in [3.05, 3.63) is 12.2 Å². The molecule has 0 radical (unpaired) electrons. The van der Waals surface area contributed by atoms with Gasteiger partial charge in [0, 0.05) is 18.9 Å². The second kappa shape index (κ2) is 5.05. The molecule has 1 atom stereocenters. The Bertz CT molecular complexity index is 330. The molecule has 0 aliphatic heterocycles. The Morgan fingerprint density at radius 3 is 2.67 bits per heavy atom. The Morgan fingerprint density at radius 1 is 1.47 bits per heavy atom. The number of rotatable bonds is 5. The molecule has 0 bridgehead atoms. The lowest BCUT2D eigenvalue weighted by Crippen LogP contribution is -2.13. The van der Waals surface area contributed by atoms with E-state index in [1.165, 1.54) is 0 Å². The lowest BCUT2D eigenvalue weighted by molar-refractivity contribution is -0.117. The van der Waals surface area contributed by atoms with Gasteiger partial charge >= 0.3 is 0 Å². The van der Waals surface area contributed by atoms with Crippen LogP contribution in [0.2, 0.25) is 0 Å². The standard InChI is InChI=1S/C11H19N3O/c1-8(2)14-11(12-7-13-14)6-9(3)5-10(4)15/h7-9H,5-6H2,1-4H3. The van der Waals surface area contributed by atoms with Crippen molar-refractivity contribution in [1.82, 2.24) is 14.8 Å². The van der Waals surface area contributed by atoms with Gasteiger partial charge in [-0.1, -0.05) is 6.92 Å². The van der Waals surface area contributed by atoms with Crippen LogP contribution < -0.4 is 0 Å². The minimum Gasteiger partial charge on any atom is -0.300 e. The Kier molecular flexibility index (Phi) is 4.00. The summed E-state index contributed by atoms with van der Waals surface area (Å²) in [5.74, 6) is 1.54. The smallest absolute Gasteiger partial charge is 0.138 e. The molecule has 0 saturated carbocycles.